The number of nitrogens with two attached hydrogens (primary N) is 1. The lowest BCUT2D eigenvalue weighted by atomic mass is 10.2. The third kappa shape index (κ3) is 2.71. The van der Waals surface area contributed by atoms with Crippen LogP contribution in [0.4, 0.5) is 0 Å². The molecule has 0 spiro atoms. The maximum absolute atomic E-state index is 5.74. The number of pyridine rings is 1. The summed E-state index contributed by atoms with van der Waals surface area (Å²) in [6, 6.07) is 5.97. The van der Waals surface area contributed by atoms with Crippen LogP contribution in [0.2, 0.25) is 0 Å². The van der Waals surface area contributed by atoms with E-state index in [1.807, 2.05) is 29.1 Å². The van der Waals surface area contributed by atoms with Gasteiger partial charge in [0.1, 0.15) is 0 Å². The van der Waals surface area contributed by atoms with Crippen molar-refractivity contribution in [2.24, 2.45) is 11.7 Å². The molecule has 4 nitrogen and oxygen atoms in total. The average Bonchev–Trinajstić information content (AvgIpc) is 2.72. The second kappa shape index (κ2) is 5.10. The molecule has 17 heavy (non-hydrogen) atoms. The second-order valence-electron chi connectivity index (χ2n) is 4.54. The summed E-state index contributed by atoms with van der Waals surface area (Å²) in [6.45, 7) is 5.75. The Morgan fingerprint density at radius 3 is 2.82 bits per heavy atom. The van der Waals surface area contributed by atoms with Gasteiger partial charge in [-0.3, -0.25) is 9.67 Å². The highest BCUT2D eigenvalue weighted by Gasteiger charge is 2.09. The molecule has 2 rings (SSSR count). The smallest absolute Gasteiger partial charge is 0.0942 e. The van der Waals surface area contributed by atoms with E-state index in [9.17, 15) is 0 Å². The van der Waals surface area contributed by atoms with Crippen molar-refractivity contribution in [2.45, 2.75) is 26.9 Å². The Kier molecular flexibility index (Phi) is 3.54. The van der Waals surface area contributed by atoms with Crippen LogP contribution in [0.3, 0.4) is 0 Å². The van der Waals surface area contributed by atoms with E-state index in [2.05, 4.69) is 23.9 Å². The van der Waals surface area contributed by atoms with Crippen LogP contribution in [0, 0.1) is 5.92 Å². The largest absolute Gasteiger partial charge is 0.325 e. The van der Waals surface area contributed by atoms with E-state index in [0.717, 1.165) is 23.5 Å². The molecule has 0 unspecified atom stereocenters. The quantitative estimate of drug-likeness (QED) is 0.874. The summed E-state index contributed by atoms with van der Waals surface area (Å²) in [4.78, 5) is 4.11. The monoisotopic (exact) mass is 230 g/mol. The molecule has 4 heteroatoms. The fraction of sp³-hybridized carbons (Fsp3) is 0.385. The highest BCUT2D eigenvalue weighted by atomic mass is 15.3. The Balaban J connectivity index is 2.34. The molecule has 0 bridgehead atoms. The van der Waals surface area contributed by atoms with Gasteiger partial charge in [-0.1, -0.05) is 13.8 Å². The minimum atomic E-state index is 0.514. The van der Waals surface area contributed by atoms with Crippen molar-refractivity contribution in [1.82, 2.24) is 14.8 Å². The standard InChI is InChI=1S/C13H18N4/c1-10(2)9-17-12(7-14)6-13(16-17)11-4-3-5-15-8-11/h3-6,8,10H,7,9,14H2,1-2H3. The molecular formula is C13H18N4. The van der Waals surface area contributed by atoms with Crippen LogP contribution < -0.4 is 5.73 Å². The highest BCUT2D eigenvalue weighted by molar-refractivity contribution is 5.57. The molecule has 0 aromatic carbocycles. The van der Waals surface area contributed by atoms with Gasteiger partial charge in [0.05, 0.1) is 11.4 Å². The van der Waals surface area contributed by atoms with Gasteiger partial charge in [0.25, 0.3) is 0 Å². The number of hydrogen-bond donors (Lipinski definition) is 1. The summed E-state index contributed by atoms with van der Waals surface area (Å²) >= 11 is 0. The zero-order chi connectivity index (χ0) is 12.3. The molecule has 0 aliphatic carbocycles. The lowest BCUT2D eigenvalue weighted by Crippen LogP contribution is -2.12. The van der Waals surface area contributed by atoms with E-state index in [-0.39, 0.29) is 0 Å². The Labute approximate surface area is 101 Å². The zero-order valence-electron chi connectivity index (χ0n) is 10.3. The van der Waals surface area contributed by atoms with Gasteiger partial charge in [-0.15, -0.1) is 0 Å². The van der Waals surface area contributed by atoms with Crippen molar-refractivity contribution < 1.29 is 0 Å². The Hall–Kier alpha value is -1.68. The molecule has 0 amide bonds. The normalized spacial score (nSPS) is 11.1. The minimum absolute atomic E-state index is 0.514. The maximum atomic E-state index is 5.74. The van der Waals surface area contributed by atoms with Crippen molar-refractivity contribution in [1.29, 1.82) is 0 Å². The van der Waals surface area contributed by atoms with Gasteiger partial charge < -0.3 is 5.73 Å². The first kappa shape index (κ1) is 11.8. The number of hydrogen-bond acceptors (Lipinski definition) is 3. The van der Waals surface area contributed by atoms with Crippen LogP contribution >= 0.6 is 0 Å². The topological polar surface area (TPSA) is 56.7 Å². The van der Waals surface area contributed by atoms with Gasteiger partial charge in [-0.2, -0.15) is 5.10 Å². The Morgan fingerprint density at radius 2 is 2.24 bits per heavy atom. The SMILES string of the molecule is CC(C)Cn1nc(-c2cccnc2)cc1CN. The van der Waals surface area contributed by atoms with Crippen LogP contribution in [0.5, 0.6) is 0 Å². The fourth-order valence-electron chi connectivity index (χ4n) is 1.78. The number of aromatic nitrogens is 3. The molecule has 0 saturated heterocycles. The van der Waals surface area contributed by atoms with Gasteiger partial charge in [0.2, 0.25) is 0 Å². The minimum Gasteiger partial charge on any atom is -0.325 e. The van der Waals surface area contributed by atoms with Crippen LogP contribution in [0.1, 0.15) is 19.5 Å². The van der Waals surface area contributed by atoms with Crippen molar-refractivity contribution in [3.8, 4) is 11.3 Å². The molecule has 2 aromatic heterocycles. The van der Waals surface area contributed by atoms with Gasteiger partial charge in [-0.05, 0) is 24.1 Å². The summed E-state index contributed by atoms with van der Waals surface area (Å²) in [5, 5.41) is 4.59. The lowest BCUT2D eigenvalue weighted by Gasteiger charge is -2.07. The first-order valence-electron chi connectivity index (χ1n) is 5.88. The first-order chi connectivity index (χ1) is 8.20. The zero-order valence-corrected chi connectivity index (χ0v) is 10.3. The van der Waals surface area contributed by atoms with Gasteiger partial charge in [0, 0.05) is 31.0 Å². The van der Waals surface area contributed by atoms with Gasteiger partial charge in [0.15, 0.2) is 0 Å². The molecular weight excluding hydrogens is 212 g/mol. The molecule has 2 N–H and O–H groups in total. The lowest BCUT2D eigenvalue weighted by molar-refractivity contribution is 0.470. The Morgan fingerprint density at radius 1 is 1.41 bits per heavy atom. The van der Waals surface area contributed by atoms with E-state index in [4.69, 9.17) is 5.73 Å². The van der Waals surface area contributed by atoms with Crippen molar-refractivity contribution >= 4 is 0 Å². The van der Waals surface area contributed by atoms with Crippen molar-refractivity contribution in [3.63, 3.8) is 0 Å². The third-order valence-electron chi connectivity index (χ3n) is 2.57. The molecule has 0 atom stereocenters. The molecule has 0 saturated carbocycles. The highest BCUT2D eigenvalue weighted by Crippen LogP contribution is 2.18. The summed E-state index contributed by atoms with van der Waals surface area (Å²) < 4.78 is 1.99. The van der Waals surface area contributed by atoms with Crippen LogP contribution in [0.15, 0.2) is 30.6 Å². The summed E-state index contributed by atoms with van der Waals surface area (Å²) in [5.41, 5.74) is 8.78. The predicted molar refractivity (Wildman–Crippen MR) is 68.2 cm³/mol. The molecule has 2 aromatic rings. The summed E-state index contributed by atoms with van der Waals surface area (Å²) in [6.07, 6.45) is 3.58. The van der Waals surface area contributed by atoms with Gasteiger partial charge in [-0.25, -0.2) is 0 Å². The maximum Gasteiger partial charge on any atom is 0.0942 e. The first-order valence-corrected chi connectivity index (χ1v) is 5.88. The molecule has 0 aliphatic rings. The summed E-state index contributed by atoms with van der Waals surface area (Å²) in [7, 11) is 0. The van der Waals surface area contributed by atoms with Crippen molar-refractivity contribution in [2.75, 3.05) is 0 Å². The van der Waals surface area contributed by atoms with Crippen LogP contribution in [0.25, 0.3) is 11.3 Å². The van der Waals surface area contributed by atoms with E-state index >= 15 is 0 Å². The van der Waals surface area contributed by atoms with Crippen LogP contribution in [-0.2, 0) is 13.1 Å². The predicted octanol–water partition coefficient (Wildman–Crippen LogP) is 2.06. The van der Waals surface area contributed by atoms with E-state index in [1.165, 1.54) is 0 Å². The summed E-state index contributed by atoms with van der Waals surface area (Å²) in [5.74, 6) is 0.557. The molecule has 0 radical (unpaired) electrons. The Bertz CT molecular complexity index is 473. The van der Waals surface area contributed by atoms with Crippen molar-refractivity contribution in [3.05, 3.63) is 36.3 Å². The van der Waals surface area contributed by atoms with E-state index < -0.39 is 0 Å². The molecule has 90 valence electrons. The number of nitrogens with zero attached hydrogens (tertiary/aromatic N) is 3. The molecule has 0 fully saturated rings. The van der Waals surface area contributed by atoms with E-state index in [0.29, 0.717) is 12.5 Å². The molecule has 0 aliphatic heterocycles. The third-order valence-corrected chi connectivity index (χ3v) is 2.57. The van der Waals surface area contributed by atoms with Crippen LogP contribution in [-0.4, -0.2) is 14.8 Å². The fourth-order valence-corrected chi connectivity index (χ4v) is 1.78. The molecule has 2 heterocycles. The van der Waals surface area contributed by atoms with E-state index in [1.54, 1.807) is 6.20 Å². The number of rotatable bonds is 4. The van der Waals surface area contributed by atoms with Gasteiger partial charge >= 0.3 is 0 Å². The second-order valence-corrected chi connectivity index (χ2v) is 4.54. The average molecular weight is 230 g/mol.